The van der Waals surface area contributed by atoms with Crippen molar-refractivity contribution in [1.29, 1.82) is 0 Å². The van der Waals surface area contributed by atoms with Crippen molar-refractivity contribution in [1.82, 2.24) is 5.32 Å². The first kappa shape index (κ1) is 3.89. The molecule has 3 aliphatic rings. The molecule has 1 spiro atoms. The molecule has 44 valence electrons. The fourth-order valence-electron chi connectivity index (χ4n) is 2.69. The lowest BCUT2D eigenvalue weighted by atomic mass is 9.74. The molecule has 0 aromatic heterocycles. The van der Waals surface area contributed by atoms with Crippen molar-refractivity contribution < 1.29 is 0 Å². The summed E-state index contributed by atoms with van der Waals surface area (Å²) in [5.41, 5.74) is 0.750. The summed E-state index contributed by atoms with van der Waals surface area (Å²) < 4.78 is 0. The standard InChI is InChI=1S/C7H11N/c1-2-6-7(8-6)4-3-5(1)7/h5-6,8H,1-4H2/t5-,6?,7?/m1/s1. The van der Waals surface area contributed by atoms with Crippen LogP contribution in [0.15, 0.2) is 0 Å². The first-order chi connectivity index (χ1) is 3.92. The molecule has 8 heavy (non-hydrogen) atoms. The summed E-state index contributed by atoms with van der Waals surface area (Å²) in [6, 6.07) is 0.973. The Morgan fingerprint density at radius 1 is 1.25 bits per heavy atom. The van der Waals surface area contributed by atoms with Gasteiger partial charge in [0.2, 0.25) is 0 Å². The predicted octanol–water partition coefficient (Wildman–Crippen LogP) is 0.901. The van der Waals surface area contributed by atoms with Gasteiger partial charge in [0.1, 0.15) is 0 Å². The van der Waals surface area contributed by atoms with E-state index in [0.717, 1.165) is 17.5 Å². The van der Waals surface area contributed by atoms with Crippen molar-refractivity contribution in [3.8, 4) is 0 Å². The third kappa shape index (κ3) is 0.218. The molecule has 2 unspecified atom stereocenters. The lowest BCUT2D eigenvalue weighted by Crippen LogP contribution is -2.35. The summed E-state index contributed by atoms with van der Waals surface area (Å²) in [7, 11) is 0. The number of nitrogens with one attached hydrogen (secondary N) is 1. The van der Waals surface area contributed by atoms with E-state index in [0.29, 0.717) is 0 Å². The van der Waals surface area contributed by atoms with Gasteiger partial charge in [-0.05, 0) is 31.6 Å². The van der Waals surface area contributed by atoms with Gasteiger partial charge in [0.05, 0.1) is 0 Å². The first-order valence-electron chi connectivity index (χ1n) is 3.69. The lowest BCUT2D eigenvalue weighted by Gasteiger charge is -2.32. The summed E-state index contributed by atoms with van der Waals surface area (Å²) in [4.78, 5) is 0. The minimum Gasteiger partial charge on any atom is -0.305 e. The van der Waals surface area contributed by atoms with Gasteiger partial charge in [0.15, 0.2) is 0 Å². The zero-order valence-corrected chi connectivity index (χ0v) is 4.98. The Morgan fingerprint density at radius 3 is 2.50 bits per heavy atom. The van der Waals surface area contributed by atoms with Crippen molar-refractivity contribution in [2.24, 2.45) is 5.92 Å². The Morgan fingerprint density at radius 2 is 2.25 bits per heavy atom. The molecule has 1 saturated heterocycles. The largest absolute Gasteiger partial charge is 0.305 e. The van der Waals surface area contributed by atoms with Crippen molar-refractivity contribution in [3.05, 3.63) is 0 Å². The molecule has 1 heterocycles. The van der Waals surface area contributed by atoms with Gasteiger partial charge in [-0.1, -0.05) is 0 Å². The molecule has 0 radical (unpaired) electrons. The Bertz CT molecular complexity index is 137. The van der Waals surface area contributed by atoms with Crippen LogP contribution in [-0.2, 0) is 0 Å². The maximum atomic E-state index is 3.58. The first-order valence-corrected chi connectivity index (χ1v) is 3.69. The zero-order chi connectivity index (χ0) is 5.19. The Kier molecular flexibility index (Phi) is 0.418. The Labute approximate surface area is 49.5 Å². The summed E-state index contributed by atoms with van der Waals surface area (Å²) in [5, 5.41) is 3.58. The third-order valence-corrected chi connectivity index (χ3v) is 3.42. The van der Waals surface area contributed by atoms with Gasteiger partial charge < -0.3 is 5.32 Å². The van der Waals surface area contributed by atoms with Crippen molar-refractivity contribution in [3.63, 3.8) is 0 Å². The highest BCUT2D eigenvalue weighted by Gasteiger charge is 2.66. The van der Waals surface area contributed by atoms with Crippen molar-refractivity contribution >= 4 is 0 Å². The average Bonchev–Trinajstić information content (AvgIpc) is 2.36. The molecule has 1 nitrogen and oxygen atoms in total. The second kappa shape index (κ2) is 0.860. The monoisotopic (exact) mass is 109 g/mol. The van der Waals surface area contributed by atoms with E-state index in [4.69, 9.17) is 0 Å². The van der Waals surface area contributed by atoms with Gasteiger partial charge in [0.25, 0.3) is 0 Å². The van der Waals surface area contributed by atoms with Crippen molar-refractivity contribution in [2.45, 2.75) is 37.3 Å². The molecule has 0 bridgehead atoms. The minimum absolute atomic E-state index is 0.750. The third-order valence-electron chi connectivity index (χ3n) is 3.42. The SMILES string of the molecule is C1C[C@@H]2CCC23NC13. The van der Waals surface area contributed by atoms with Crippen LogP contribution < -0.4 is 5.32 Å². The van der Waals surface area contributed by atoms with Gasteiger partial charge in [-0.3, -0.25) is 0 Å². The molecule has 2 saturated carbocycles. The quantitative estimate of drug-likeness (QED) is 0.459. The van der Waals surface area contributed by atoms with Crippen LogP contribution in [-0.4, -0.2) is 11.6 Å². The van der Waals surface area contributed by atoms with Gasteiger partial charge >= 0.3 is 0 Å². The van der Waals surface area contributed by atoms with E-state index in [9.17, 15) is 0 Å². The summed E-state index contributed by atoms with van der Waals surface area (Å²) in [5.74, 6) is 1.10. The molecule has 1 heteroatoms. The van der Waals surface area contributed by atoms with E-state index in [1.54, 1.807) is 0 Å². The smallest absolute Gasteiger partial charge is 0.0366 e. The zero-order valence-electron chi connectivity index (χ0n) is 4.98. The second-order valence-corrected chi connectivity index (χ2v) is 3.55. The highest BCUT2D eigenvalue weighted by Crippen LogP contribution is 2.58. The van der Waals surface area contributed by atoms with E-state index >= 15 is 0 Å². The van der Waals surface area contributed by atoms with Gasteiger partial charge in [-0.25, -0.2) is 0 Å². The summed E-state index contributed by atoms with van der Waals surface area (Å²) >= 11 is 0. The molecule has 2 aliphatic carbocycles. The van der Waals surface area contributed by atoms with E-state index in [2.05, 4.69) is 5.32 Å². The number of hydrogen-bond donors (Lipinski definition) is 1. The number of rotatable bonds is 0. The average molecular weight is 109 g/mol. The van der Waals surface area contributed by atoms with E-state index in [1.807, 2.05) is 0 Å². The molecule has 3 rings (SSSR count). The molecular weight excluding hydrogens is 98.1 g/mol. The Hall–Kier alpha value is -0.0400. The number of piperidine rings is 1. The normalized spacial score (nSPS) is 66.0. The van der Waals surface area contributed by atoms with Gasteiger partial charge in [-0.15, -0.1) is 0 Å². The maximum Gasteiger partial charge on any atom is 0.0366 e. The van der Waals surface area contributed by atoms with Crippen LogP contribution >= 0.6 is 0 Å². The van der Waals surface area contributed by atoms with Crippen LogP contribution in [0.4, 0.5) is 0 Å². The Balaban J connectivity index is 2.02. The van der Waals surface area contributed by atoms with Crippen LogP contribution in [0.2, 0.25) is 0 Å². The van der Waals surface area contributed by atoms with E-state index in [-0.39, 0.29) is 0 Å². The van der Waals surface area contributed by atoms with Crippen LogP contribution in [0.1, 0.15) is 25.7 Å². The van der Waals surface area contributed by atoms with E-state index in [1.165, 1.54) is 25.7 Å². The molecule has 3 fully saturated rings. The molecular formula is C7H11N. The molecule has 0 amide bonds. The van der Waals surface area contributed by atoms with E-state index < -0.39 is 0 Å². The number of hydrogen-bond acceptors (Lipinski definition) is 1. The fourth-order valence-corrected chi connectivity index (χ4v) is 2.69. The van der Waals surface area contributed by atoms with Crippen LogP contribution in [0.3, 0.4) is 0 Å². The highest BCUT2D eigenvalue weighted by atomic mass is 15.3. The molecule has 1 aliphatic heterocycles. The summed E-state index contributed by atoms with van der Waals surface area (Å²) in [6.45, 7) is 0. The van der Waals surface area contributed by atoms with Crippen LogP contribution in [0.25, 0.3) is 0 Å². The van der Waals surface area contributed by atoms with Crippen molar-refractivity contribution in [2.75, 3.05) is 0 Å². The lowest BCUT2D eigenvalue weighted by molar-refractivity contribution is 0.237. The van der Waals surface area contributed by atoms with Gasteiger partial charge in [-0.2, -0.15) is 0 Å². The molecule has 0 aromatic rings. The second-order valence-electron chi connectivity index (χ2n) is 3.55. The predicted molar refractivity (Wildman–Crippen MR) is 31.6 cm³/mol. The molecule has 1 N–H and O–H groups in total. The fraction of sp³-hybridized carbons (Fsp3) is 1.00. The van der Waals surface area contributed by atoms with Gasteiger partial charge in [0, 0.05) is 11.6 Å². The minimum atomic E-state index is 0.750. The van der Waals surface area contributed by atoms with Crippen LogP contribution in [0, 0.1) is 5.92 Å². The highest BCUT2D eigenvalue weighted by molar-refractivity contribution is 5.26. The topological polar surface area (TPSA) is 21.9 Å². The maximum absolute atomic E-state index is 3.58. The van der Waals surface area contributed by atoms with Crippen LogP contribution in [0.5, 0.6) is 0 Å². The molecule has 0 aromatic carbocycles. The molecule has 3 atom stereocenters. The summed E-state index contributed by atoms with van der Waals surface area (Å²) in [6.07, 6.45) is 6.01.